The van der Waals surface area contributed by atoms with Crippen molar-refractivity contribution in [1.29, 1.82) is 0 Å². The van der Waals surface area contributed by atoms with E-state index in [0.29, 0.717) is 17.5 Å². The lowest BCUT2D eigenvalue weighted by atomic mass is 9.90. The van der Waals surface area contributed by atoms with Crippen molar-refractivity contribution in [3.05, 3.63) is 47.8 Å². The monoisotopic (exact) mass is 449 g/mol. The number of likely N-dealkylation sites (tertiary alicyclic amines) is 1. The second-order valence-corrected chi connectivity index (χ2v) is 10.4. The zero-order chi connectivity index (χ0) is 23.0. The third-order valence-corrected chi connectivity index (χ3v) is 7.73. The molecule has 1 spiro atoms. The van der Waals surface area contributed by atoms with Crippen LogP contribution in [0.4, 0.5) is 5.69 Å². The molecule has 1 atom stereocenters. The number of amides is 2. The average molecular weight is 450 g/mol. The molecule has 3 fully saturated rings. The standard InChI is InChI=1S/C26H35N5O2/c1-19(2)16-20-17-23(28-27-20)25(33)30-10-8-26(9-11-30)18-22(26)24(32)31-14-12-29(13-15-31)21-6-4-3-5-7-21/h3-7,17,19,22H,8-16,18H2,1-2H3,(H,27,28). The molecule has 2 aromatic rings. The Hall–Kier alpha value is -2.83. The molecule has 1 aliphatic carbocycles. The number of nitrogens with one attached hydrogen (secondary N) is 1. The van der Waals surface area contributed by atoms with Gasteiger partial charge in [-0.3, -0.25) is 14.7 Å². The van der Waals surface area contributed by atoms with E-state index in [1.165, 1.54) is 5.69 Å². The zero-order valence-electron chi connectivity index (χ0n) is 19.8. The number of carbonyl (C=O) groups is 2. The Labute approximate surface area is 196 Å². The van der Waals surface area contributed by atoms with E-state index in [4.69, 9.17) is 0 Å². The molecule has 176 valence electrons. The van der Waals surface area contributed by atoms with E-state index >= 15 is 0 Å². The molecule has 0 bridgehead atoms. The first-order chi connectivity index (χ1) is 15.9. The number of piperazine rings is 1. The topological polar surface area (TPSA) is 72.5 Å². The maximum Gasteiger partial charge on any atom is 0.274 e. The number of nitrogens with zero attached hydrogens (tertiary/aromatic N) is 4. The van der Waals surface area contributed by atoms with Gasteiger partial charge < -0.3 is 14.7 Å². The van der Waals surface area contributed by atoms with Gasteiger partial charge in [0.05, 0.1) is 0 Å². The Kier molecular flexibility index (Phi) is 5.89. The van der Waals surface area contributed by atoms with Gasteiger partial charge in [-0.25, -0.2) is 0 Å². The van der Waals surface area contributed by atoms with Crippen LogP contribution < -0.4 is 4.90 Å². The summed E-state index contributed by atoms with van der Waals surface area (Å²) in [5, 5.41) is 7.25. The van der Waals surface area contributed by atoms with Crippen LogP contribution >= 0.6 is 0 Å². The SMILES string of the molecule is CC(C)Cc1cc(C(=O)N2CCC3(CC2)CC3C(=O)N2CCN(c3ccccc3)CC2)n[nH]1. The summed E-state index contributed by atoms with van der Waals surface area (Å²) in [5.74, 6) is 1.000. The maximum absolute atomic E-state index is 13.2. The lowest BCUT2D eigenvalue weighted by Crippen LogP contribution is -2.50. The van der Waals surface area contributed by atoms with Crippen LogP contribution in [0.1, 0.15) is 49.3 Å². The quantitative estimate of drug-likeness (QED) is 0.761. The highest BCUT2D eigenvalue weighted by Gasteiger charge is 2.59. The highest BCUT2D eigenvalue weighted by Crippen LogP contribution is 2.60. The molecule has 1 aromatic carbocycles. The molecule has 1 unspecified atom stereocenters. The van der Waals surface area contributed by atoms with Crippen LogP contribution in [0.3, 0.4) is 0 Å². The Morgan fingerprint density at radius 1 is 1.03 bits per heavy atom. The van der Waals surface area contributed by atoms with Gasteiger partial charge >= 0.3 is 0 Å². The Morgan fingerprint density at radius 2 is 1.73 bits per heavy atom. The summed E-state index contributed by atoms with van der Waals surface area (Å²) in [6.45, 7) is 9.12. The molecule has 5 rings (SSSR count). The minimum atomic E-state index is 0.0108. The zero-order valence-corrected chi connectivity index (χ0v) is 19.8. The highest BCUT2D eigenvalue weighted by atomic mass is 16.2. The van der Waals surface area contributed by atoms with Crippen LogP contribution in [0, 0.1) is 17.3 Å². The van der Waals surface area contributed by atoms with Crippen molar-refractivity contribution in [1.82, 2.24) is 20.0 Å². The normalized spacial score (nSPS) is 22.2. The predicted molar refractivity (Wildman–Crippen MR) is 128 cm³/mol. The van der Waals surface area contributed by atoms with Gasteiger partial charge in [0.2, 0.25) is 5.91 Å². The van der Waals surface area contributed by atoms with Gasteiger partial charge in [0.25, 0.3) is 5.91 Å². The molecule has 1 aromatic heterocycles. The molecule has 33 heavy (non-hydrogen) atoms. The van der Waals surface area contributed by atoms with E-state index in [1.807, 2.05) is 17.0 Å². The summed E-state index contributed by atoms with van der Waals surface area (Å²) in [6, 6.07) is 12.3. The molecule has 3 heterocycles. The van der Waals surface area contributed by atoms with Crippen molar-refractivity contribution >= 4 is 17.5 Å². The number of aromatic nitrogens is 2. The third-order valence-electron chi connectivity index (χ3n) is 7.73. The van der Waals surface area contributed by atoms with E-state index in [-0.39, 0.29) is 17.2 Å². The number of piperidine rings is 1. The molecule has 3 aliphatic rings. The molecule has 2 amide bonds. The van der Waals surface area contributed by atoms with Gasteiger partial charge in [0.15, 0.2) is 0 Å². The molecule has 2 saturated heterocycles. The summed E-state index contributed by atoms with van der Waals surface area (Å²) < 4.78 is 0. The van der Waals surface area contributed by atoms with Gasteiger partial charge in [0.1, 0.15) is 5.69 Å². The van der Waals surface area contributed by atoms with Gasteiger partial charge in [-0.05, 0) is 55.2 Å². The van der Waals surface area contributed by atoms with Gasteiger partial charge in [-0.1, -0.05) is 32.0 Å². The minimum absolute atomic E-state index is 0.0108. The Morgan fingerprint density at radius 3 is 2.39 bits per heavy atom. The summed E-state index contributed by atoms with van der Waals surface area (Å²) in [7, 11) is 0. The number of carbonyl (C=O) groups excluding carboxylic acids is 2. The molecule has 7 heteroatoms. The van der Waals surface area contributed by atoms with Crippen molar-refractivity contribution < 1.29 is 9.59 Å². The molecular formula is C26H35N5O2. The van der Waals surface area contributed by atoms with E-state index in [1.54, 1.807) is 0 Å². The van der Waals surface area contributed by atoms with Crippen molar-refractivity contribution in [3.63, 3.8) is 0 Å². The van der Waals surface area contributed by atoms with E-state index in [2.05, 4.69) is 58.1 Å². The number of rotatable bonds is 5. The summed E-state index contributed by atoms with van der Waals surface area (Å²) in [6.07, 6.45) is 3.71. The highest BCUT2D eigenvalue weighted by molar-refractivity contribution is 5.92. The Bertz CT molecular complexity index is 985. The fourth-order valence-electron chi connectivity index (χ4n) is 5.63. The maximum atomic E-state index is 13.2. The van der Waals surface area contributed by atoms with Crippen LogP contribution in [0.5, 0.6) is 0 Å². The first-order valence-electron chi connectivity index (χ1n) is 12.4. The van der Waals surface area contributed by atoms with Crippen molar-refractivity contribution in [2.75, 3.05) is 44.2 Å². The van der Waals surface area contributed by atoms with Crippen LogP contribution in [0.15, 0.2) is 36.4 Å². The Balaban J connectivity index is 1.11. The average Bonchev–Trinajstić information content (AvgIpc) is 3.33. The predicted octanol–water partition coefficient (Wildman–Crippen LogP) is 3.20. The lowest BCUT2D eigenvalue weighted by Gasteiger charge is -2.37. The molecule has 1 saturated carbocycles. The van der Waals surface area contributed by atoms with Crippen LogP contribution in [-0.2, 0) is 11.2 Å². The summed E-state index contributed by atoms with van der Waals surface area (Å²) in [4.78, 5) is 32.5. The fraction of sp³-hybridized carbons (Fsp3) is 0.577. The molecule has 0 radical (unpaired) electrons. The molecule has 7 nitrogen and oxygen atoms in total. The van der Waals surface area contributed by atoms with Crippen LogP contribution in [0.25, 0.3) is 0 Å². The van der Waals surface area contributed by atoms with Gasteiger partial charge in [-0.15, -0.1) is 0 Å². The molecule has 1 N–H and O–H groups in total. The first kappa shape index (κ1) is 22.0. The second-order valence-electron chi connectivity index (χ2n) is 10.4. The van der Waals surface area contributed by atoms with E-state index < -0.39 is 0 Å². The van der Waals surface area contributed by atoms with Gasteiger partial charge in [-0.2, -0.15) is 5.10 Å². The molecular weight excluding hydrogens is 414 g/mol. The van der Waals surface area contributed by atoms with E-state index in [9.17, 15) is 9.59 Å². The summed E-state index contributed by atoms with van der Waals surface area (Å²) >= 11 is 0. The third kappa shape index (κ3) is 4.50. The number of anilines is 1. The van der Waals surface area contributed by atoms with Crippen LogP contribution in [-0.4, -0.2) is 71.1 Å². The number of hydrogen-bond acceptors (Lipinski definition) is 4. The number of aromatic amines is 1. The number of para-hydroxylation sites is 1. The lowest BCUT2D eigenvalue weighted by molar-refractivity contribution is -0.134. The number of hydrogen-bond donors (Lipinski definition) is 1. The second kappa shape index (κ2) is 8.84. The number of H-pyrrole nitrogens is 1. The molecule has 2 aliphatic heterocycles. The van der Waals surface area contributed by atoms with Gasteiger partial charge in [0, 0.05) is 56.6 Å². The fourth-order valence-corrected chi connectivity index (χ4v) is 5.63. The van der Waals surface area contributed by atoms with Crippen molar-refractivity contribution in [2.24, 2.45) is 17.3 Å². The first-order valence-corrected chi connectivity index (χ1v) is 12.4. The van der Waals surface area contributed by atoms with Crippen molar-refractivity contribution in [2.45, 2.75) is 39.5 Å². The smallest absolute Gasteiger partial charge is 0.274 e. The largest absolute Gasteiger partial charge is 0.368 e. The van der Waals surface area contributed by atoms with Crippen molar-refractivity contribution in [3.8, 4) is 0 Å². The van der Waals surface area contributed by atoms with Crippen LogP contribution in [0.2, 0.25) is 0 Å². The number of benzene rings is 1. The summed E-state index contributed by atoms with van der Waals surface area (Å²) in [5.41, 5.74) is 2.87. The van der Waals surface area contributed by atoms with E-state index in [0.717, 1.165) is 70.6 Å². The minimum Gasteiger partial charge on any atom is -0.368 e.